The van der Waals surface area contributed by atoms with E-state index in [2.05, 4.69) is 0 Å². The third-order valence-electron chi connectivity index (χ3n) is 1.56. The summed E-state index contributed by atoms with van der Waals surface area (Å²) in [5.74, 6) is 1.78. The maximum absolute atomic E-state index is 5.88. The van der Waals surface area contributed by atoms with Gasteiger partial charge in [0.05, 0.1) is 0 Å². The fourth-order valence-electron chi connectivity index (χ4n) is 1.06. The van der Waals surface area contributed by atoms with E-state index < -0.39 is 0 Å². The van der Waals surface area contributed by atoms with Gasteiger partial charge in [0.15, 0.2) is 0 Å². The van der Waals surface area contributed by atoms with E-state index in [1.165, 1.54) is 0 Å². The molecular formula is C8H20N4. The van der Waals surface area contributed by atoms with Gasteiger partial charge in [-0.05, 0) is 0 Å². The number of nitrogens with zero attached hydrogens (tertiary/aromatic N) is 3. The fraction of sp³-hybridized carbons (Fsp3) is 0.750. The Labute approximate surface area is 75.2 Å². The molecule has 72 valence electrons. The van der Waals surface area contributed by atoms with Crippen LogP contribution in [0, 0.1) is 0 Å². The predicted molar refractivity (Wildman–Crippen MR) is 52.3 cm³/mol. The van der Waals surface area contributed by atoms with Crippen LogP contribution in [0.5, 0.6) is 0 Å². The molecule has 0 fully saturated rings. The summed E-state index contributed by atoms with van der Waals surface area (Å²) in [6.45, 7) is 0. The van der Waals surface area contributed by atoms with Crippen molar-refractivity contribution in [2.45, 2.75) is 0 Å². The van der Waals surface area contributed by atoms with Crippen LogP contribution in [0.1, 0.15) is 0 Å². The van der Waals surface area contributed by atoms with Crippen LogP contribution in [-0.4, -0.2) is 57.0 Å². The molecule has 0 aliphatic carbocycles. The maximum Gasteiger partial charge on any atom is 0.144 e. The van der Waals surface area contributed by atoms with Crippen molar-refractivity contribution in [3.8, 4) is 0 Å². The SMILES string of the molecule is CN(C)C(N)=C(N(C)C)N(C)C. The summed E-state index contributed by atoms with van der Waals surface area (Å²) in [5, 5.41) is 0. The van der Waals surface area contributed by atoms with E-state index in [1.807, 2.05) is 57.0 Å². The van der Waals surface area contributed by atoms with Crippen LogP contribution in [0.25, 0.3) is 0 Å². The zero-order valence-electron chi connectivity index (χ0n) is 8.92. The lowest BCUT2D eigenvalue weighted by molar-refractivity contribution is 0.311. The van der Waals surface area contributed by atoms with Crippen LogP contribution in [-0.2, 0) is 0 Å². The van der Waals surface area contributed by atoms with Crippen molar-refractivity contribution < 1.29 is 0 Å². The molecule has 0 rings (SSSR count). The van der Waals surface area contributed by atoms with E-state index in [9.17, 15) is 0 Å². The average Bonchev–Trinajstić information content (AvgIpc) is 1.85. The summed E-state index contributed by atoms with van der Waals surface area (Å²) < 4.78 is 0. The molecule has 0 saturated heterocycles. The Balaban J connectivity index is 4.81. The molecule has 0 aliphatic heterocycles. The van der Waals surface area contributed by atoms with Crippen molar-refractivity contribution in [1.29, 1.82) is 0 Å². The quantitative estimate of drug-likeness (QED) is 0.637. The molecule has 0 atom stereocenters. The van der Waals surface area contributed by atoms with Gasteiger partial charge >= 0.3 is 0 Å². The number of hydrogen-bond acceptors (Lipinski definition) is 4. The van der Waals surface area contributed by atoms with Gasteiger partial charge in [0.1, 0.15) is 11.6 Å². The van der Waals surface area contributed by atoms with Crippen molar-refractivity contribution in [2.75, 3.05) is 42.3 Å². The van der Waals surface area contributed by atoms with Crippen molar-refractivity contribution >= 4 is 0 Å². The maximum atomic E-state index is 5.88. The summed E-state index contributed by atoms with van der Waals surface area (Å²) in [6, 6.07) is 0. The molecule has 4 heteroatoms. The molecule has 0 amide bonds. The van der Waals surface area contributed by atoms with E-state index in [4.69, 9.17) is 5.73 Å². The van der Waals surface area contributed by atoms with Gasteiger partial charge in [-0.1, -0.05) is 0 Å². The van der Waals surface area contributed by atoms with Crippen LogP contribution in [0.3, 0.4) is 0 Å². The molecule has 0 bridgehead atoms. The Morgan fingerprint density at radius 3 is 1.17 bits per heavy atom. The summed E-state index contributed by atoms with van der Waals surface area (Å²) in [4.78, 5) is 5.89. The van der Waals surface area contributed by atoms with Gasteiger partial charge in [-0.15, -0.1) is 0 Å². The third kappa shape index (κ3) is 2.53. The minimum absolute atomic E-state index is 0.769. The van der Waals surface area contributed by atoms with E-state index >= 15 is 0 Å². The van der Waals surface area contributed by atoms with E-state index in [-0.39, 0.29) is 0 Å². The lowest BCUT2D eigenvalue weighted by Gasteiger charge is -2.28. The zero-order valence-corrected chi connectivity index (χ0v) is 8.92. The van der Waals surface area contributed by atoms with Crippen LogP contribution >= 0.6 is 0 Å². The lowest BCUT2D eigenvalue weighted by Crippen LogP contribution is -2.33. The molecule has 2 N–H and O–H groups in total. The van der Waals surface area contributed by atoms with Crippen LogP contribution in [0.15, 0.2) is 11.6 Å². The van der Waals surface area contributed by atoms with Crippen LogP contribution in [0.4, 0.5) is 0 Å². The van der Waals surface area contributed by atoms with E-state index in [1.54, 1.807) is 0 Å². The Bertz CT molecular complexity index is 160. The van der Waals surface area contributed by atoms with Crippen LogP contribution in [0.2, 0.25) is 0 Å². The summed E-state index contributed by atoms with van der Waals surface area (Å²) in [6.07, 6.45) is 0. The molecular weight excluding hydrogens is 152 g/mol. The Kier molecular flexibility index (Phi) is 3.73. The Morgan fingerprint density at radius 2 is 1.08 bits per heavy atom. The van der Waals surface area contributed by atoms with Gasteiger partial charge in [0.25, 0.3) is 0 Å². The first kappa shape index (κ1) is 10.9. The van der Waals surface area contributed by atoms with Crippen molar-refractivity contribution in [3.05, 3.63) is 11.6 Å². The smallest absolute Gasteiger partial charge is 0.144 e. The summed E-state index contributed by atoms with van der Waals surface area (Å²) in [7, 11) is 11.8. The monoisotopic (exact) mass is 172 g/mol. The molecule has 0 aliphatic rings. The van der Waals surface area contributed by atoms with Crippen molar-refractivity contribution in [2.24, 2.45) is 5.73 Å². The van der Waals surface area contributed by atoms with Crippen molar-refractivity contribution in [3.63, 3.8) is 0 Å². The number of nitrogens with two attached hydrogens (primary N) is 1. The first-order chi connectivity index (χ1) is 5.37. The number of hydrogen-bond donors (Lipinski definition) is 1. The van der Waals surface area contributed by atoms with Gasteiger partial charge in [-0.2, -0.15) is 0 Å². The lowest BCUT2D eigenvalue weighted by atomic mass is 10.5. The molecule has 0 heterocycles. The van der Waals surface area contributed by atoms with Gasteiger partial charge < -0.3 is 20.4 Å². The van der Waals surface area contributed by atoms with Gasteiger partial charge in [0.2, 0.25) is 0 Å². The first-order valence-corrected chi connectivity index (χ1v) is 3.89. The van der Waals surface area contributed by atoms with Gasteiger partial charge in [0, 0.05) is 42.3 Å². The minimum Gasteiger partial charge on any atom is -0.382 e. The third-order valence-corrected chi connectivity index (χ3v) is 1.56. The van der Waals surface area contributed by atoms with Crippen LogP contribution < -0.4 is 5.73 Å². The Hall–Kier alpha value is -1.06. The van der Waals surface area contributed by atoms with Crippen molar-refractivity contribution in [1.82, 2.24) is 14.7 Å². The Morgan fingerprint density at radius 1 is 0.750 bits per heavy atom. The molecule has 4 nitrogen and oxygen atoms in total. The zero-order chi connectivity index (χ0) is 9.89. The highest BCUT2D eigenvalue weighted by Gasteiger charge is 2.09. The normalized spacial score (nSPS) is 9.17. The first-order valence-electron chi connectivity index (χ1n) is 3.89. The molecule has 0 radical (unpaired) electrons. The molecule has 0 spiro atoms. The standard InChI is InChI=1S/C8H20N4/c1-10(2)7(9)8(11(3)4)12(5)6/h9H2,1-6H3. The number of rotatable bonds is 3. The molecule has 0 saturated carbocycles. The highest BCUT2D eigenvalue weighted by Crippen LogP contribution is 2.06. The molecule has 12 heavy (non-hydrogen) atoms. The molecule has 0 unspecified atom stereocenters. The topological polar surface area (TPSA) is 35.7 Å². The summed E-state index contributed by atoms with van der Waals surface area (Å²) in [5.41, 5.74) is 5.88. The second-order valence-electron chi connectivity index (χ2n) is 3.39. The minimum atomic E-state index is 0.769. The molecule has 0 aromatic heterocycles. The predicted octanol–water partition coefficient (Wildman–Crippen LogP) is -0.243. The fourth-order valence-corrected chi connectivity index (χ4v) is 1.06. The largest absolute Gasteiger partial charge is 0.382 e. The van der Waals surface area contributed by atoms with Gasteiger partial charge in [-0.25, -0.2) is 0 Å². The van der Waals surface area contributed by atoms with E-state index in [0.717, 1.165) is 11.6 Å². The highest BCUT2D eigenvalue weighted by atomic mass is 15.3. The van der Waals surface area contributed by atoms with Gasteiger partial charge in [-0.3, -0.25) is 0 Å². The second-order valence-corrected chi connectivity index (χ2v) is 3.39. The molecule has 0 aromatic rings. The second kappa shape index (κ2) is 4.09. The summed E-state index contributed by atoms with van der Waals surface area (Å²) >= 11 is 0. The average molecular weight is 172 g/mol. The highest BCUT2D eigenvalue weighted by molar-refractivity contribution is 5.05. The molecule has 0 aromatic carbocycles. The van der Waals surface area contributed by atoms with E-state index in [0.29, 0.717) is 0 Å².